The van der Waals surface area contributed by atoms with Crippen LogP contribution in [0.15, 0.2) is 54.6 Å². The Balaban J connectivity index is 1.51. The van der Waals surface area contributed by atoms with Gasteiger partial charge in [-0.2, -0.15) is 0 Å². The molecule has 28 heavy (non-hydrogen) atoms. The molecule has 1 amide bonds. The number of hydrogen-bond acceptors (Lipinski definition) is 4. The number of benzene rings is 2. The smallest absolute Gasteiger partial charge is 0.223 e. The molecule has 3 N–H and O–H groups in total. The predicted molar refractivity (Wildman–Crippen MR) is 110 cm³/mol. The predicted octanol–water partition coefficient (Wildman–Crippen LogP) is 2.04. The first-order valence-corrected chi connectivity index (χ1v) is 9.95. The van der Waals surface area contributed by atoms with Gasteiger partial charge in [0.25, 0.3) is 0 Å². The van der Waals surface area contributed by atoms with Crippen molar-refractivity contribution in [3.05, 3.63) is 71.3 Å². The Hall–Kier alpha value is -2.21. The molecule has 0 spiro atoms. The van der Waals surface area contributed by atoms with Gasteiger partial charge in [0.05, 0.1) is 12.6 Å². The van der Waals surface area contributed by atoms with Crippen LogP contribution in [0.25, 0.3) is 0 Å². The number of aliphatic hydroxyl groups is 2. The Labute approximate surface area is 167 Å². The van der Waals surface area contributed by atoms with Crippen LogP contribution in [0.2, 0.25) is 0 Å². The second kappa shape index (κ2) is 9.32. The number of amides is 1. The molecular formula is C23H30N2O3. The zero-order valence-electron chi connectivity index (χ0n) is 16.5. The van der Waals surface area contributed by atoms with Crippen molar-refractivity contribution in [1.29, 1.82) is 0 Å². The SMILES string of the molecule is Cc1ccc(CNC[C@@]2(O)CN(C(=O)CCc3ccccc3)CC[C@@H]2O)cc1. The molecule has 5 nitrogen and oxygen atoms in total. The summed E-state index contributed by atoms with van der Waals surface area (Å²) in [5.74, 6) is 0.0210. The Kier molecular flexibility index (Phi) is 6.83. The molecule has 5 heteroatoms. The van der Waals surface area contributed by atoms with Crippen molar-refractivity contribution in [3.8, 4) is 0 Å². The molecule has 2 aromatic rings. The molecule has 0 radical (unpaired) electrons. The summed E-state index contributed by atoms with van der Waals surface area (Å²) in [6, 6.07) is 18.1. The zero-order valence-corrected chi connectivity index (χ0v) is 16.5. The minimum absolute atomic E-state index is 0.0210. The van der Waals surface area contributed by atoms with E-state index in [1.807, 2.05) is 61.5 Å². The lowest BCUT2D eigenvalue weighted by atomic mass is 9.89. The molecule has 0 aliphatic carbocycles. The topological polar surface area (TPSA) is 72.8 Å². The van der Waals surface area contributed by atoms with E-state index < -0.39 is 11.7 Å². The normalized spacial score (nSPS) is 22.2. The summed E-state index contributed by atoms with van der Waals surface area (Å²) in [4.78, 5) is 14.3. The van der Waals surface area contributed by atoms with Crippen molar-refractivity contribution < 1.29 is 15.0 Å². The maximum Gasteiger partial charge on any atom is 0.223 e. The Morgan fingerprint density at radius 3 is 2.57 bits per heavy atom. The van der Waals surface area contributed by atoms with E-state index in [0.29, 0.717) is 32.4 Å². The van der Waals surface area contributed by atoms with Crippen LogP contribution in [0.4, 0.5) is 0 Å². The van der Waals surface area contributed by atoms with Gasteiger partial charge in [0.15, 0.2) is 0 Å². The monoisotopic (exact) mass is 382 g/mol. The van der Waals surface area contributed by atoms with E-state index in [2.05, 4.69) is 5.32 Å². The Morgan fingerprint density at radius 1 is 1.14 bits per heavy atom. The van der Waals surface area contributed by atoms with Gasteiger partial charge < -0.3 is 20.4 Å². The lowest BCUT2D eigenvalue weighted by molar-refractivity contribution is -0.151. The van der Waals surface area contributed by atoms with E-state index in [4.69, 9.17) is 0 Å². The van der Waals surface area contributed by atoms with E-state index in [9.17, 15) is 15.0 Å². The van der Waals surface area contributed by atoms with E-state index in [1.54, 1.807) is 4.90 Å². The summed E-state index contributed by atoms with van der Waals surface area (Å²) < 4.78 is 0. The maximum atomic E-state index is 12.6. The first kappa shape index (κ1) is 20.5. The van der Waals surface area contributed by atoms with Crippen molar-refractivity contribution in [2.75, 3.05) is 19.6 Å². The molecule has 2 atom stereocenters. The fraction of sp³-hybridized carbons (Fsp3) is 0.435. The van der Waals surface area contributed by atoms with Gasteiger partial charge >= 0.3 is 0 Å². The number of rotatable bonds is 7. The highest BCUT2D eigenvalue weighted by Crippen LogP contribution is 2.22. The van der Waals surface area contributed by atoms with Crippen LogP contribution < -0.4 is 5.32 Å². The third-order valence-corrected chi connectivity index (χ3v) is 5.46. The van der Waals surface area contributed by atoms with Crippen molar-refractivity contribution in [1.82, 2.24) is 10.2 Å². The highest BCUT2D eigenvalue weighted by molar-refractivity contribution is 5.76. The molecule has 1 saturated heterocycles. The van der Waals surface area contributed by atoms with Crippen LogP contribution >= 0.6 is 0 Å². The average molecular weight is 383 g/mol. The maximum absolute atomic E-state index is 12.6. The van der Waals surface area contributed by atoms with Crippen molar-refractivity contribution in [3.63, 3.8) is 0 Å². The number of likely N-dealkylation sites (tertiary alicyclic amines) is 1. The minimum Gasteiger partial charge on any atom is -0.390 e. The van der Waals surface area contributed by atoms with Gasteiger partial charge in [0.1, 0.15) is 5.60 Å². The van der Waals surface area contributed by atoms with Crippen molar-refractivity contribution in [2.24, 2.45) is 0 Å². The number of hydrogen-bond donors (Lipinski definition) is 3. The van der Waals surface area contributed by atoms with Gasteiger partial charge in [0, 0.05) is 26.1 Å². The highest BCUT2D eigenvalue weighted by Gasteiger charge is 2.42. The van der Waals surface area contributed by atoms with E-state index >= 15 is 0 Å². The highest BCUT2D eigenvalue weighted by atomic mass is 16.3. The number of carbonyl (C=O) groups excluding carboxylic acids is 1. The Morgan fingerprint density at radius 2 is 1.86 bits per heavy atom. The van der Waals surface area contributed by atoms with E-state index in [0.717, 1.165) is 11.1 Å². The molecule has 0 saturated carbocycles. The van der Waals surface area contributed by atoms with Gasteiger partial charge in [-0.15, -0.1) is 0 Å². The van der Waals surface area contributed by atoms with Crippen molar-refractivity contribution >= 4 is 5.91 Å². The summed E-state index contributed by atoms with van der Waals surface area (Å²) in [6.45, 7) is 3.53. The summed E-state index contributed by atoms with van der Waals surface area (Å²) in [5.41, 5.74) is 2.12. The lowest BCUT2D eigenvalue weighted by Crippen LogP contribution is -2.62. The molecule has 0 unspecified atom stereocenters. The molecule has 3 rings (SSSR count). The molecular weight excluding hydrogens is 352 g/mol. The molecule has 150 valence electrons. The number of aryl methyl sites for hydroxylation is 2. The van der Waals surface area contributed by atoms with Crippen LogP contribution in [-0.4, -0.2) is 52.4 Å². The lowest BCUT2D eigenvalue weighted by Gasteiger charge is -2.43. The van der Waals surface area contributed by atoms with Gasteiger partial charge in [-0.1, -0.05) is 60.2 Å². The largest absolute Gasteiger partial charge is 0.390 e. The molecule has 1 fully saturated rings. The van der Waals surface area contributed by atoms with Gasteiger partial charge in [-0.3, -0.25) is 4.79 Å². The van der Waals surface area contributed by atoms with Crippen LogP contribution in [-0.2, 0) is 17.8 Å². The second-order valence-electron chi connectivity index (χ2n) is 7.80. The van der Waals surface area contributed by atoms with Crippen molar-refractivity contribution in [2.45, 2.75) is 44.4 Å². The van der Waals surface area contributed by atoms with Gasteiger partial charge in [0.2, 0.25) is 5.91 Å². The minimum atomic E-state index is -1.33. The number of aliphatic hydroxyl groups excluding tert-OH is 1. The summed E-state index contributed by atoms with van der Waals surface area (Å²) >= 11 is 0. The van der Waals surface area contributed by atoms with Crippen LogP contribution in [0.1, 0.15) is 29.5 Å². The average Bonchev–Trinajstić information content (AvgIpc) is 2.71. The molecule has 0 aromatic heterocycles. The fourth-order valence-corrected chi connectivity index (χ4v) is 3.63. The quantitative estimate of drug-likeness (QED) is 0.685. The Bertz CT molecular complexity index is 763. The van der Waals surface area contributed by atoms with E-state index in [1.165, 1.54) is 5.56 Å². The number of carbonyl (C=O) groups is 1. The third-order valence-electron chi connectivity index (χ3n) is 5.46. The molecule has 1 heterocycles. The third kappa shape index (κ3) is 5.41. The summed E-state index contributed by atoms with van der Waals surface area (Å²) in [5, 5.41) is 24.5. The van der Waals surface area contributed by atoms with E-state index in [-0.39, 0.29) is 19.0 Å². The molecule has 1 aliphatic rings. The van der Waals surface area contributed by atoms with Crippen LogP contribution in [0.3, 0.4) is 0 Å². The molecule has 1 aliphatic heterocycles. The summed E-state index contributed by atoms with van der Waals surface area (Å²) in [7, 11) is 0. The van der Waals surface area contributed by atoms with Crippen LogP contribution in [0.5, 0.6) is 0 Å². The second-order valence-corrected chi connectivity index (χ2v) is 7.80. The fourth-order valence-electron chi connectivity index (χ4n) is 3.63. The molecule has 2 aromatic carbocycles. The first-order valence-electron chi connectivity index (χ1n) is 9.95. The zero-order chi connectivity index (χ0) is 20.0. The summed E-state index contributed by atoms with van der Waals surface area (Å²) in [6.07, 6.45) is 0.645. The number of nitrogens with zero attached hydrogens (tertiary/aromatic N) is 1. The van der Waals surface area contributed by atoms with Gasteiger partial charge in [-0.05, 0) is 30.9 Å². The van der Waals surface area contributed by atoms with Gasteiger partial charge in [-0.25, -0.2) is 0 Å². The number of piperidine rings is 1. The molecule has 0 bridgehead atoms. The number of β-amino-alcohol motifs (C(OH)–C–C–N with tert-alkyl or cyclic N) is 1. The van der Waals surface area contributed by atoms with Crippen LogP contribution in [0, 0.1) is 6.92 Å². The first-order chi connectivity index (χ1) is 13.5. The standard InChI is InChI=1S/C23H30N2O3/c1-18-7-9-20(10-8-18)15-24-16-23(28)17-25(14-13-21(23)26)22(27)12-11-19-5-3-2-4-6-19/h2-10,21,24,26,28H,11-17H2,1H3/t21-,23+/m0/s1. The number of nitrogens with one attached hydrogen (secondary N) is 1.